The number of hydrogen-bond donors (Lipinski definition) is 0. The Hall–Kier alpha value is -3.32. The van der Waals surface area contributed by atoms with Crippen molar-refractivity contribution < 1.29 is 18.7 Å². The average Bonchev–Trinajstić information content (AvgIpc) is 3.21. The third-order valence-corrected chi connectivity index (χ3v) is 4.85. The summed E-state index contributed by atoms with van der Waals surface area (Å²) in [5.74, 6) is -1.29. The van der Waals surface area contributed by atoms with E-state index < -0.39 is 5.97 Å². The molecule has 0 saturated carbocycles. The summed E-state index contributed by atoms with van der Waals surface area (Å²) in [7, 11) is 0. The molecule has 1 heterocycles. The lowest BCUT2D eigenvalue weighted by molar-refractivity contribution is -0.143. The van der Waals surface area contributed by atoms with Crippen LogP contribution in [-0.2, 0) is 20.9 Å². The van der Waals surface area contributed by atoms with Gasteiger partial charge in [-0.05, 0) is 36.8 Å². The van der Waals surface area contributed by atoms with Crippen LogP contribution in [0.15, 0.2) is 72.1 Å². The van der Waals surface area contributed by atoms with Gasteiger partial charge in [0, 0.05) is 17.0 Å². The van der Waals surface area contributed by atoms with E-state index in [4.69, 9.17) is 4.74 Å². The number of benzene rings is 2. The molecule has 0 radical (unpaired) electrons. The Bertz CT molecular complexity index is 1000. The molecule has 0 bridgehead atoms. The number of ether oxygens (including phenoxy) is 1. The SMILES string of the molecule is C/C=C/C(=O)OCC(=O)N(Cc1ccccc1)c1nc(-c2ccc(F)cc2)cs1. The van der Waals surface area contributed by atoms with Gasteiger partial charge in [0.05, 0.1) is 12.2 Å². The molecule has 1 aromatic heterocycles. The summed E-state index contributed by atoms with van der Waals surface area (Å²) in [6.45, 7) is 1.59. The van der Waals surface area contributed by atoms with Crippen LogP contribution in [-0.4, -0.2) is 23.5 Å². The number of amides is 1. The quantitative estimate of drug-likeness (QED) is 0.422. The van der Waals surface area contributed by atoms with E-state index in [-0.39, 0.29) is 24.9 Å². The van der Waals surface area contributed by atoms with Gasteiger partial charge in [-0.1, -0.05) is 36.4 Å². The first-order valence-corrected chi connectivity index (χ1v) is 9.80. The Morgan fingerprint density at radius 1 is 1.14 bits per heavy atom. The Morgan fingerprint density at radius 3 is 2.55 bits per heavy atom. The van der Waals surface area contributed by atoms with Crippen molar-refractivity contribution in [2.75, 3.05) is 11.5 Å². The number of anilines is 1. The summed E-state index contributed by atoms with van der Waals surface area (Å²) in [4.78, 5) is 30.4. The van der Waals surface area contributed by atoms with Crippen molar-refractivity contribution in [3.8, 4) is 11.3 Å². The number of carbonyl (C=O) groups excluding carboxylic acids is 2. The van der Waals surface area contributed by atoms with E-state index in [9.17, 15) is 14.0 Å². The number of halogens is 1. The molecule has 2 aromatic carbocycles. The second kappa shape index (κ2) is 9.75. The molecule has 0 fully saturated rings. The van der Waals surface area contributed by atoms with Gasteiger partial charge in [-0.15, -0.1) is 11.3 Å². The maximum Gasteiger partial charge on any atom is 0.330 e. The first-order valence-electron chi connectivity index (χ1n) is 8.92. The Labute approximate surface area is 172 Å². The van der Waals surface area contributed by atoms with E-state index in [2.05, 4.69) is 4.98 Å². The van der Waals surface area contributed by atoms with Crippen molar-refractivity contribution >= 4 is 28.3 Å². The topological polar surface area (TPSA) is 59.5 Å². The van der Waals surface area contributed by atoms with Crippen molar-refractivity contribution in [2.45, 2.75) is 13.5 Å². The Kier molecular flexibility index (Phi) is 6.86. The highest BCUT2D eigenvalue weighted by Crippen LogP contribution is 2.28. The van der Waals surface area contributed by atoms with Crippen LogP contribution in [0.4, 0.5) is 9.52 Å². The molecule has 0 spiro atoms. The van der Waals surface area contributed by atoms with E-state index in [1.807, 2.05) is 30.3 Å². The molecule has 0 saturated heterocycles. The molecule has 148 valence electrons. The minimum Gasteiger partial charge on any atom is -0.452 e. The van der Waals surface area contributed by atoms with E-state index in [0.717, 1.165) is 11.1 Å². The second-order valence-electron chi connectivity index (χ2n) is 6.10. The van der Waals surface area contributed by atoms with Crippen molar-refractivity contribution in [3.05, 3.63) is 83.5 Å². The van der Waals surface area contributed by atoms with Gasteiger partial charge >= 0.3 is 5.97 Å². The molecule has 7 heteroatoms. The maximum absolute atomic E-state index is 13.2. The summed E-state index contributed by atoms with van der Waals surface area (Å²) in [6, 6.07) is 15.5. The average molecular weight is 410 g/mol. The van der Waals surface area contributed by atoms with Gasteiger partial charge in [0.2, 0.25) is 0 Å². The number of allylic oxidation sites excluding steroid dienone is 1. The van der Waals surface area contributed by atoms with E-state index in [1.54, 1.807) is 30.5 Å². The van der Waals surface area contributed by atoms with Crippen LogP contribution >= 0.6 is 11.3 Å². The molecule has 3 rings (SSSR count). The Balaban J connectivity index is 1.83. The zero-order valence-corrected chi connectivity index (χ0v) is 16.6. The Morgan fingerprint density at radius 2 is 1.86 bits per heavy atom. The molecule has 0 aliphatic heterocycles. The van der Waals surface area contributed by atoms with Crippen molar-refractivity contribution in [2.24, 2.45) is 0 Å². The number of nitrogens with zero attached hydrogens (tertiary/aromatic N) is 2. The number of hydrogen-bond acceptors (Lipinski definition) is 5. The molecule has 0 aliphatic rings. The van der Waals surface area contributed by atoms with Crippen LogP contribution in [0, 0.1) is 5.82 Å². The zero-order chi connectivity index (χ0) is 20.6. The van der Waals surface area contributed by atoms with Gasteiger partial charge in [0.15, 0.2) is 11.7 Å². The van der Waals surface area contributed by atoms with E-state index >= 15 is 0 Å². The van der Waals surface area contributed by atoms with Crippen LogP contribution in [0.25, 0.3) is 11.3 Å². The smallest absolute Gasteiger partial charge is 0.330 e. The van der Waals surface area contributed by atoms with Crippen molar-refractivity contribution in [1.29, 1.82) is 0 Å². The second-order valence-corrected chi connectivity index (χ2v) is 6.93. The molecule has 0 unspecified atom stereocenters. The molecule has 1 amide bonds. The fourth-order valence-corrected chi connectivity index (χ4v) is 3.42. The predicted molar refractivity (Wildman–Crippen MR) is 111 cm³/mol. The highest BCUT2D eigenvalue weighted by molar-refractivity contribution is 7.14. The summed E-state index contributed by atoms with van der Waals surface area (Å²) in [5, 5.41) is 2.28. The maximum atomic E-state index is 13.2. The summed E-state index contributed by atoms with van der Waals surface area (Å²) in [6.07, 6.45) is 2.80. The fourth-order valence-electron chi connectivity index (χ4n) is 2.56. The first-order chi connectivity index (χ1) is 14.1. The molecule has 3 aromatic rings. The third-order valence-electron chi connectivity index (χ3n) is 3.99. The van der Waals surface area contributed by atoms with Crippen LogP contribution in [0.3, 0.4) is 0 Å². The monoisotopic (exact) mass is 410 g/mol. The van der Waals surface area contributed by atoms with Gasteiger partial charge in [-0.3, -0.25) is 9.69 Å². The highest BCUT2D eigenvalue weighted by atomic mass is 32.1. The number of rotatable bonds is 7. The van der Waals surface area contributed by atoms with Gasteiger partial charge < -0.3 is 4.74 Å². The number of thiazole rings is 1. The predicted octanol–water partition coefficient (Wildman–Crippen LogP) is 4.60. The fraction of sp³-hybridized carbons (Fsp3) is 0.136. The van der Waals surface area contributed by atoms with Gasteiger partial charge in [0.25, 0.3) is 5.91 Å². The lowest BCUT2D eigenvalue weighted by Crippen LogP contribution is -2.34. The molecule has 29 heavy (non-hydrogen) atoms. The molecular formula is C22H19FN2O3S. The molecule has 0 N–H and O–H groups in total. The van der Waals surface area contributed by atoms with Crippen LogP contribution in [0.1, 0.15) is 12.5 Å². The number of carbonyl (C=O) groups is 2. The standard InChI is InChI=1S/C22H19FN2O3S/c1-2-6-21(27)28-14-20(26)25(13-16-7-4-3-5-8-16)22-24-19(15-29-22)17-9-11-18(23)12-10-17/h2-12,15H,13-14H2,1H3/b6-2+. The highest BCUT2D eigenvalue weighted by Gasteiger charge is 2.21. The van der Waals surface area contributed by atoms with Crippen LogP contribution in [0.2, 0.25) is 0 Å². The van der Waals surface area contributed by atoms with Gasteiger partial charge in [-0.25, -0.2) is 14.2 Å². The van der Waals surface area contributed by atoms with Crippen LogP contribution in [0.5, 0.6) is 0 Å². The van der Waals surface area contributed by atoms with Gasteiger partial charge in [-0.2, -0.15) is 0 Å². The van der Waals surface area contributed by atoms with Crippen LogP contribution < -0.4 is 4.90 Å². The van der Waals surface area contributed by atoms with Crippen molar-refractivity contribution in [3.63, 3.8) is 0 Å². The molecule has 0 atom stereocenters. The van der Waals surface area contributed by atoms with Gasteiger partial charge in [0.1, 0.15) is 5.82 Å². The lowest BCUT2D eigenvalue weighted by atomic mass is 10.2. The third kappa shape index (κ3) is 5.58. The van der Waals surface area contributed by atoms with E-state index in [1.165, 1.54) is 34.4 Å². The molecule has 5 nitrogen and oxygen atoms in total. The number of aromatic nitrogens is 1. The van der Waals surface area contributed by atoms with Crippen molar-refractivity contribution in [1.82, 2.24) is 4.98 Å². The number of esters is 1. The largest absolute Gasteiger partial charge is 0.452 e. The zero-order valence-electron chi connectivity index (χ0n) is 15.7. The molecular weight excluding hydrogens is 391 g/mol. The first kappa shape index (κ1) is 20.4. The normalized spacial score (nSPS) is 10.8. The van der Waals surface area contributed by atoms with E-state index in [0.29, 0.717) is 10.8 Å². The summed E-state index contributed by atoms with van der Waals surface area (Å²) < 4.78 is 18.2. The summed E-state index contributed by atoms with van der Waals surface area (Å²) in [5.41, 5.74) is 2.31. The minimum absolute atomic E-state index is 0.289. The lowest BCUT2D eigenvalue weighted by Gasteiger charge is -2.19. The summed E-state index contributed by atoms with van der Waals surface area (Å²) >= 11 is 1.29. The minimum atomic E-state index is -0.577. The molecule has 0 aliphatic carbocycles.